The van der Waals surface area contributed by atoms with Crippen LogP contribution in [0.15, 0.2) is 0 Å². The fourth-order valence-corrected chi connectivity index (χ4v) is 2.39. The van der Waals surface area contributed by atoms with Crippen LogP contribution in [0.1, 0.15) is 46.5 Å². The summed E-state index contributed by atoms with van der Waals surface area (Å²) in [5.74, 6) is 0.892. The van der Waals surface area contributed by atoms with Crippen molar-refractivity contribution >= 4 is 5.91 Å². The van der Waals surface area contributed by atoms with Gasteiger partial charge in [0, 0.05) is 12.1 Å². The minimum absolute atomic E-state index is 0.117. The highest BCUT2D eigenvalue weighted by Gasteiger charge is 2.25. The van der Waals surface area contributed by atoms with Gasteiger partial charge in [0.05, 0.1) is 6.54 Å². The average Bonchev–Trinajstić information content (AvgIpc) is 2.60. The van der Waals surface area contributed by atoms with Gasteiger partial charge in [0.2, 0.25) is 5.91 Å². The highest BCUT2D eigenvalue weighted by Crippen LogP contribution is 2.27. The first-order valence-electron chi connectivity index (χ1n) is 6.16. The highest BCUT2D eigenvalue weighted by atomic mass is 16.1. The summed E-state index contributed by atoms with van der Waals surface area (Å²) < 4.78 is 0. The predicted octanol–water partition coefficient (Wildman–Crippen LogP) is 1.68. The van der Waals surface area contributed by atoms with Crippen molar-refractivity contribution in [3.05, 3.63) is 0 Å². The van der Waals surface area contributed by atoms with Gasteiger partial charge < -0.3 is 10.6 Å². The third-order valence-electron chi connectivity index (χ3n) is 3.16. The predicted molar refractivity (Wildman–Crippen MR) is 62.7 cm³/mol. The van der Waals surface area contributed by atoms with Crippen molar-refractivity contribution in [1.29, 1.82) is 0 Å². The Labute approximate surface area is 93.0 Å². The molecule has 0 bridgehead atoms. The van der Waals surface area contributed by atoms with Crippen LogP contribution in [0.4, 0.5) is 0 Å². The normalized spacial score (nSPS) is 25.9. The fourth-order valence-electron chi connectivity index (χ4n) is 2.39. The maximum atomic E-state index is 11.4. The number of hydrogen-bond acceptors (Lipinski definition) is 2. The smallest absolute Gasteiger partial charge is 0.234 e. The van der Waals surface area contributed by atoms with E-state index in [1.165, 1.54) is 25.7 Å². The number of nitrogens with one attached hydrogen (secondary N) is 2. The largest absolute Gasteiger partial charge is 0.353 e. The molecule has 88 valence electrons. The summed E-state index contributed by atoms with van der Waals surface area (Å²) in [6.45, 7) is 6.68. The van der Waals surface area contributed by atoms with Crippen LogP contribution in [-0.4, -0.2) is 24.5 Å². The second-order valence-electron chi connectivity index (χ2n) is 4.81. The first-order chi connectivity index (χ1) is 7.13. The van der Waals surface area contributed by atoms with Crippen molar-refractivity contribution in [2.75, 3.05) is 6.54 Å². The first kappa shape index (κ1) is 12.5. The molecule has 2 N–H and O–H groups in total. The fraction of sp³-hybridized carbons (Fsp3) is 0.917. The van der Waals surface area contributed by atoms with Crippen LogP contribution >= 0.6 is 0 Å². The van der Waals surface area contributed by atoms with E-state index in [1.54, 1.807) is 0 Å². The van der Waals surface area contributed by atoms with Crippen LogP contribution in [0, 0.1) is 5.92 Å². The van der Waals surface area contributed by atoms with Gasteiger partial charge in [-0.1, -0.05) is 19.8 Å². The number of hydrogen-bond donors (Lipinski definition) is 2. The summed E-state index contributed by atoms with van der Waals surface area (Å²) in [6.07, 6.45) is 5.08. The molecule has 2 unspecified atom stereocenters. The SMILES string of the molecule is CCC1CCCC1NCC(=O)NC(C)C. The molecule has 1 aliphatic rings. The molecule has 1 rings (SSSR count). The molecule has 0 aliphatic heterocycles. The molecule has 0 aromatic heterocycles. The molecule has 3 heteroatoms. The Morgan fingerprint density at radius 1 is 1.40 bits per heavy atom. The Hall–Kier alpha value is -0.570. The van der Waals surface area contributed by atoms with Gasteiger partial charge in [0.15, 0.2) is 0 Å². The van der Waals surface area contributed by atoms with Crippen molar-refractivity contribution in [2.45, 2.75) is 58.5 Å². The molecular weight excluding hydrogens is 188 g/mol. The molecule has 1 amide bonds. The van der Waals surface area contributed by atoms with Crippen LogP contribution in [0.2, 0.25) is 0 Å². The summed E-state index contributed by atoms with van der Waals surface area (Å²) in [5, 5.41) is 6.27. The van der Waals surface area contributed by atoms with E-state index in [4.69, 9.17) is 0 Å². The van der Waals surface area contributed by atoms with Gasteiger partial charge in [-0.15, -0.1) is 0 Å². The minimum atomic E-state index is 0.117. The third kappa shape index (κ3) is 4.20. The number of carbonyl (C=O) groups excluding carboxylic acids is 1. The molecule has 0 heterocycles. The van der Waals surface area contributed by atoms with Gasteiger partial charge in [-0.3, -0.25) is 4.79 Å². The number of rotatable bonds is 5. The van der Waals surface area contributed by atoms with E-state index >= 15 is 0 Å². The van der Waals surface area contributed by atoms with Crippen molar-refractivity contribution in [3.63, 3.8) is 0 Å². The lowest BCUT2D eigenvalue weighted by Crippen LogP contribution is -2.42. The van der Waals surface area contributed by atoms with E-state index in [1.807, 2.05) is 13.8 Å². The Morgan fingerprint density at radius 3 is 2.73 bits per heavy atom. The van der Waals surface area contributed by atoms with E-state index < -0.39 is 0 Å². The lowest BCUT2D eigenvalue weighted by molar-refractivity contribution is -0.120. The quantitative estimate of drug-likeness (QED) is 0.728. The Balaban J connectivity index is 2.21. The molecule has 1 fully saturated rings. The summed E-state index contributed by atoms with van der Waals surface area (Å²) in [7, 11) is 0. The van der Waals surface area contributed by atoms with E-state index in [0.29, 0.717) is 12.6 Å². The van der Waals surface area contributed by atoms with Crippen LogP contribution in [0.3, 0.4) is 0 Å². The van der Waals surface area contributed by atoms with Crippen LogP contribution in [0.25, 0.3) is 0 Å². The van der Waals surface area contributed by atoms with Gasteiger partial charge in [0.25, 0.3) is 0 Å². The first-order valence-corrected chi connectivity index (χ1v) is 6.16. The highest BCUT2D eigenvalue weighted by molar-refractivity contribution is 5.78. The van der Waals surface area contributed by atoms with Crippen molar-refractivity contribution < 1.29 is 4.79 Å². The monoisotopic (exact) mass is 212 g/mol. The Kier molecular flexibility index (Phi) is 5.09. The maximum absolute atomic E-state index is 11.4. The van der Waals surface area contributed by atoms with Gasteiger partial charge >= 0.3 is 0 Å². The van der Waals surface area contributed by atoms with E-state index in [9.17, 15) is 4.79 Å². The second-order valence-corrected chi connectivity index (χ2v) is 4.81. The van der Waals surface area contributed by atoms with Gasteiger partial charge in [0.1, 0.15) is 0 Å². The molecule has 0 spiro atoms. The average molecular weight is 212 g/mol. The lowest BCUT2D eigenvalue weighted by Gasteiger charge is -2.19. The second kappa shape index (κ2) is 6.11. The van der Waals surface area contributed by atoms with Crippen molar-refractivity contribution in [2.24, 2.45) is 5.92 Å². The zero-order valence-corrected chi connectivity index (χ0v) is 10.2. The number of carbonyl (C=O) groups is 1. The standard InChI is InChI=1S/C12H24N2O/c1-4-10-6-5-7-11(10)13-8-12(15)14-9(2)3/h9-11,13H,4-8H2,1-3H3,(H,14,15). The van der Waals surface area contributed by atoms with Crippen molar-refractivity contribution in [3.8, 4) is 0 Å². The molecule has 15 heavy (non-hydrogen) atoms. The van der Waals surface area contributed by atoms with Crippen LogP contribution < -0.4 is 10.6 Å². The number of amides is 1. The van der Waals surface area contributed by atoms with Crippen LogP contribution in [0.5, 0.6) is 0 Å². The minimum Gasteiger partial charge on any atom is -0.353 e. The molecule has 1 aliphatic carbocycles. The zero-order valence-electron chi connectivity index (χ0n) is 10.2. The Bertz CT molecular complexity index is 204. The zero-order chi connectivity index (χ0) is 11.3. The van der Waals surface area contributed by atoms with E-state index in [0.717, 1.165) is 5.92 Å². The summed E-state index contributed by atoms with van der Waals surface area (Å²) in [5.41, 5.74) is 0. The molecule has 3 nitrogen and oxygen atoms in total. The van der Waals surface area contributed by atoms with Gasteiger partial charge in [-0.2, -0.15) is 0 Å². The van der Waals surface area contributed by atoms with Crippen LogP contribution in [-0.2, 0) is 4.79 Å². The summed E-state index contributed by atoms with van der Waals surface area (Å²) >= 11 is 0. The van der Waals surface area contributed by atoms with E-state index in [-0.39, 0.29) is 11.9 Å². The molecule has 2 atom stereocenters. The molecule has 0 aromatic carbocycles. The Morgan fingerprint density at radius 2 is 2.13 bits per heavy atom. The van der Waals surface area contributed by atoms with E-state index in [2.05, 4.69) is 17.6 Å². The molecular formula is C12H24N2O. The molecule has 0 aromatic rings. The van der Waals surface area contributed by atoms with Gasteiger partial charge in [-0.05, 0) is 32.6 Å². The summed E-state index contributed by atoms with van der Waals surface area (Å²) in [4.78, 5) is 11.4. The summed E-state index contributed by atoms with van der Waals surface area (Å²) in [6, 6.07) is 0.803. The molecule has 0 saturated heterocycles. The van der Waals surface area contributed by atoms with Gasteiger partial charge in [-0.25, -0.2) is 0 Å². The maximum Gasteiger partial charge on any atom is 0.234 e. The third-order valence-corrected chi connectivity index (χ3v) is 3.16. The lowest BCUT2D eigenvalue weighted by atomic mass is 10.0. The van der Waals surface area contributed by atoms with Crippen molar-refractivity contribution in [1.82, 2.24) is 10.6 Å². The molecule has 1 saturated carbocycles. The molecule has 0 radical (unpaired) electrons. The topological polar surface area (TPSA) is 41.1 Å².